The Bertz CT molecular complexity index is 1090. The Kier molecular flexibility index (Phi) is 6.15. The highest BCUT2D eigenvalue weighted by molar-refractivity contribution is 7.92. The van der Waals surface area contributed by atoms with Gasteiger partial charge in [0.15, 0.2) is 0 Å². The molecule has 0 radical (unpaired) electrons. The van der Waals surface area contributed by atoms with E-state index in [2.05, 4.69) is 20.9 Å². The van der Waals surface area contributed by atoms with Crippen molar-refractivity contribution >= 4 is 21.6 Å². The van der Waals surface area contributed by atoms with E-state index < -0.39 is 21.8 Å². The van der Waals surface area contributed by atoms with Crippen LogP contribution in [0.4, 0.5) is 18.9 Å². The second-order valence-electron chi connectivity index (χ2n) is 8.03. The van der Waals surface area contributed by atoms with Gasteiger partial charge in [0.25, 0.3) is 15.9 Å². The first-order chi connectivity index (χ1) is 15.1. The van der Waals surface area contributed by atoms with Crippen LogP contribution < -0.4 is 20.9 Å². The maximum Gasteiger partial charge on any atom is 0.416 e. The fraction of sp³-hybridized carbons (Fsp3) is 0.381. The summed E-state index contributed by atoms with van der Waals surface area (Å²) in [6.45, 7) is 0.864. The van der Waals surface area contributed by atoms with Crippen LogP contribution in [0.25, 0.3) is 0 Å². The predicted octanol–water partition coefficient (Wildman–Crippen LogP) is 2.88. The van der Waals surface area contributed by atoms with Crippen LogP contribution in [0.1, 0.15) is 35.2 Å². The van der Waals surface area contributed by atoms with E-state index in [1.165, 1.54) is 30.3 Å². The third kappa shape index (κ3) is 4.89. The molecule has 4 rings (SSSR count). The molecule has 1 amide bonds. The molecule has 2 aromatic rings. The van der Waals surface area contributed by atoms with Crippen LogP contribution in [0.15, 0.2) is 53.4 Å². The van der Waals surface area contributed by atoms with Gasteiger partial charge < -0.3 is 5.32 Å². The predicted molar refractivity (Wildman–Crippen MR) is 112 cm³/mol. The summed E-state index contributed by atoms with van der Waals surface area (Å²) in [6.07, 6.45) is -1.61. The van der Waals surface area contributed by atoms with Crippen LogP contribution in [0, 0.1) is 5.92 Å². The van der Waals surface area contributed by atoms with Crippen molar-refractivity contribution in [1.82, 2.24) is 16.2 Å². The minimum absolute atomic E-state index is 0.0257. The topological polar surface area (TPSA) is 99.3 Å². The first-order valence-electron chi connectivity index (χ1n) is 10.2. The van der Waals surface area contributed by atoms with E-state index in [1.54, 1.807) is 0 Å². The molecular formula is C21H23F3N4O3S. The van der Waals surface area contributed by atoms with E-state index in [4.69, 9.17) is 0 Å². The van der Waals surface area contributed by atoms with Gasteiger partial charge in [0.05, 0.1) is 10.5 Å². The number of hydrogen-bond acceptors (Lipinski definition) is 5. The molecule has 0 bridgehead atoms. The number of amides is 1. The standard InChI is InChI=1S/C21H23F3N4O3S/c22-21(23,24)15-4-2-5-16(11-15)28-32(30,31)17-9-7-13(8-10-17)20(29)26-18-6-1-3-14-12-25-27-19(14)18/h2,4-5,7-11,14,18-19,25,27-28H,1,3,6,12H2,(H,26,29). The van der Waals surface area contributed by atoms with Crippen LogP contribution in [-0.4, -0.2) is 33.0 Å². The maximum absolute atomic E-state index is 12.9. The zero-order valence-electron chi connectivity index (χ0n) is 16.9. The summed E-state index contributed by atoms with van der Waals surface area (Å²) >= 11 is 0. The summed E-state index contributed by atoms with van der Waals surface area (Å²) in [5.41, 5.74) is 5.48. The molecule has 4 N–H and O–H groups in total. The third-order valence-electron chi connectivity index (χ3n) is 5.85. The molecule has 1 saturated carbocycles. The highest BCUT2D eigenvalue weighted by Gasteiger charge is 2.37. The average Bonchev–Trinajstić information content (AvgIpc) is 3.23. The number of anilines is 1. The summed E-state index contributed by atoms with van der Waals surface area (Å²) in [6, 6.07) is 9.35. The summed E-state index contributed by atoms with van der Waals surface area (Å²) in [7, 11) is -4.12. The van der Waals surface area contributed by atoms with Crippen molar-refractivity contribution in [2.75, 3.05) is 11.3 Å². The minimum Gasteiger partial charge on any atom is -0.348 e. The van der Waals surface area contributed by atoms with Crippen LogP contribution in [0.5, 0.6) is 0 Å². The monoisotopic (exact) mass is 468 g/mol. The Labute approximate surface area is 183 Å². The average molecular weight is 469 g/mol. The molecule has 3 unspecified atom stereocenters. The van der Waals surface area contributed by atoms with E-state index in [1.807, 2.05) is 0 Å². The highest BCUT2D eigenvalue weighted by Crippen LogP contribution is 2.31. The van der Waals surface area contributed by atoms with Crippen LogP contribution >= 0.6 is 0 Å². The molecule has 1 saturated heterocycles. The lowest BCUT2D eigenvalue weighted by molar-refractivity contribution is -0.137. The molecule has 7 nitrogen and oxygen atoms in total. The van der Waals surface area contributed by atoms with Gasteiger partial charge in [0, 0.05) is 29.9 Å². The number of sulfonamides is 1. The lowest BCUT2D eigenvalue weighted by atomic mass is 9.82. The second-order valence-corrected chi connectivity index (χ2v) is 9.71. The number of alkyl halides is 3. The van der Waals surface area contributed by atoms with Gasteiger partial charge in [-0.3, -0.25) is 20.4 Å². The fourth-order valence-corrected chi connectivity index (χ4v) is 5.26. The van der Waals surface area contributed by atoms with E-state index >= 15 is 0 Å². The van der Waals surface area contributed by atoms with Gasteiger partial charge >= 0.3 is 6.18 Å². The number of rotatable bonds is 5. The Morgan fingerprint density at radius 1 is 1.06 bits per heavy atom. The smallest absolute Gasteiger partial charge is 0.348 e. The SMILES string of the molecule is O=C(NC1CCCC2CNNC21)c1ccc(S(=O)(=O)Nc2cccc(C(F)(F)F)c2)cc1. The second kappa shape index (κ2) is 8.72. The van der Waals surface area contributed by atoms with Crippen molar-refractivity contribution in [3.63, 3.8) is 0 Å². The summed E-state index contributed by atoms with van der Waals surface area (Å²) in [5.74, 6) is 0.155. The molecule has 32 heavy (non-hydrogen) atoms. The molecule has 1 aliphatic carbocycles. The number of carbonyl (C=O) groups excluding carboxylic acids is 1. The first-order valence-corrected chi connectivity index (χ1v) is 11.7. The van der Waals surface area contributed by atoms with Crippen LogP contribution in [-0.2, 0) is 16.2 Å². The summed E-state index contributed by atoms with van der Waals surface area (Å²) in [4.78, 5) is 12.5. The molecule has 1 heterocycles. The number of carbonyl (C=O) groups is 1. The van der Waals surface area contributed by atoms with E-state index in [0.29, 0.717) is 11.5 Å². The summed E-state index contributed by atoms with van der Waals surface area (Å²) < 4.78 is 65.9. The zero-order valence-corrected chi connectivity index (χ0v) is 17.8. The van der Waals surface area contributed by atoms with Gasteiger partial charge in [-0.2, -0.15) is 13.2 Å². The maximum atomic E-state index is 12.9. The fourth-order valence-electron chi connectivity index (χ4n) is 4.22. The molecule has 0 spiro atoms. The van der Waals surface area contributed by atoms with Crippen molar-refractivity contribution in [1.29, 1.82) is 0 Å². The van der Waals surface area contributed by atoms with Crippen LogP contribution in [0.3, 0.4) is 0 Å². The molecule has 11 heteroatoms. The minimum atomic E-state index is -4.58. The number of nitrogens with one attached hydrogen (secondary N) is 4. The Morgan fingerprint density at radius 3 is 2.53 bits per heavy atom. The number of hydrazine groups is 1. The van der Waals surface area contributed by atoms with Crippen LogP contribution in [0.2, 0.25) is 0 Å². The molecule has 2 aliphatic rings. The number of benzene rings is 2. The van der Waals surface area contributed by atoms with E-state index in [0.717, 1.165) is 44.0 Å². The Balaban J connectivity index is 1.44. The number of fused-ring (bicyclic) bond motifs is 1. The van der Waals surface area contributed by atoms with Gasteiger partial charge in [-0.1, -0.05) is 12.5 Å². The normalized spacial score (nSPS) is 23.4. The van der Waals surface area contributed by atoms with Crippen molar-refractivity contribution in [2.24, 2.45) is 5.92 Å². The van der Waals surface area contributed by atoms with Gasteiger partial charge in [-0.15, -0.1) is 0 Å². The molecule has 3 atom stereocenters. The van der Waals surface area contributed by atoms with E-state index in [9.17, 15) is 26.4 Å². The first kappa shape index (κ1) is 22.6. The van der Waals surface area contributed by atoms with Crippen molar-refractivity contribution in [3.8, 4) is 0 Å². The number of halogens is 3. The Morgan fingerprint density at radius 2 is 1.81 bits per heavy atom. The lowest BCUT2D eigenvalue weighted by Gasteiger charge is -2.33. The largest absolute Gasteiger partial charge is 0.416 e. The van der Waals surface area contributed by atoms with Crippen molar-refractivity contribution in [2.45, 2.75) is 42.4 Å². The quantitative estimate of drug-likeness (QED) is 0.541. The molecule has 2 fully saturated rings. The van der Waals surface area contributed by atoms with Gasteiger partial charge in [0.1, 0.15) is 0 Å². The Hall–Kier alpha value is -2.63. The zero-order chi connectivity index (χ0) is 22.9. The lowest BCUT2D eigenvalue weighted by Crippen LogP contribution is -2.52. The molecule has 0 aromatic heterocycles. The number of hydrogen-bond donors (Lipinski definition) is 4. The summed E-state index contributed by atoms with van der Waals surface area (Å²) in [5, 5.41) is 3.01. The van der Waals surface area contributed by atoms with Gasteiger partial charge in [-0.25, -0.2) is 8.42 Å². The highest BCUT2D eigenvalue weighted by atomic mass is 32.2. The van der Waals surface area contributed by atoms with Crippen molar-refractivity contribution < 1.29 is 26.4 Å². The molecule has 1 aliphatic heterocycles. The molecular weight excluding hydrogens is 445 g/mol. The molecule has 172 valence electrons. The third-order valence-corrected chi connectivity index (χ3v) is 7.25. The van der Waals surface area contributed by atoms with Gasteiger partial charge in [-0.05, 0) is 61.2 Å². The van der Waals surface area contributed by atoms with Gasteiger partial charge in [0.2, 0.25) is 0 Å². The molecule has 2 aromatic carbocycles. The van der Waals surface area contributed by atoms with E-state index in [-0.39, 0.29) is 28.6 Å². The van der Waals surface area contributed by atoms with Crippen molar-refractivity contribution in [3.05, 3.63) is 59.7 Å².